The maximum Gasteiger partial charge on any atom is 0.414 e. The number of benzene rings is 2. The summed E-state index contributed by atoms with van der Waals surface area (Å²) in [5, 5.41) is 8.12. The van der Waals surface area contributed by atoms with Gasteiger partial charge in [-0.1, -0.05) is 6.07 Å². The molecule has 1 aromatic heterocycles. The topological polar surface area (TPSA) is 85.7 Å². The van der Waals surface area contributed by atoms with Gasteiger partial charge < -0.3 is 14.8 Å². The fourth-order valence-electron chi connectivity index (χ4n) is 3.82. The molecule has 0 unspecified atom stereocenters. The molecule has 0 saturated carbocycles. The van der Waals surface area contributed by atoms with Crippen LogP contribution < -0.4 is 10.2 Å². The zero-order valence-corrected chi connectivity index (χ0v) is 16.0. The SMILES string of the molecule is O=C(Nc1nn(-c2ccc(F)cc2)c2cccc(N3CCOC3=O)c12)[C@H]1CCOC1. The Balaban J connectivity index is 1.65. The molecule has 30 heavy (non-hydrogen) atoms. The number of rotatable bonds is 4. The first-order valence-corrected chi connectivity index (χ1v) is 9.72. The van der Waals surface area contributed by atoms with E-state index in [0.717, 1.165) is 0 Å². The Morgan fingerprint density at radius 2 is 2.00 bits per heavy atom. The molecule has 2 aliphatic rings. The quantitative estimate of drug-likeness (QED) is 0.714. The maximum absolute atomic E-state index is 13.4. The third-order valence-corrected chi connectivity index (χ3v) is 5.35. The number of fused-ring (bicyclic) bond motifs is 1. The van der Waals surface area contributed by atoms with Gasteiger partial charge in [0.2, 0.25) is 5.91 Å². The molecule has 9 heteroatoms. The van der Waals surface area contributed by atoms with Gasteiger partial charge in [0.15, 0.2) is 5.82 Å². The fraction of sp³-hybridized carbons (Fsp3) is 0.286. The van der Waals surface area contributed by atoms with Crippen molar-refractivity contribution in [2.45, 2.75) is 6.42 Å². The summed E-state index contributed by atoms with van der Waals surface area (Å²) < 4.78 is 25.5. The van der Waals surface area contributed by atoms with E-state index < -0.39 is 6.09 Å². The number of cyclic esters (lactones) is 1. The van der Waals surface area contributed by atoms with Gasteiger partial charge in [-0.05, 0) is 42.8 Å². The molecule has 2 aliphatic heterocycles. The first-order chi connectivity index (χ1) is 14.6. The van der Waals surface area contributed by atoms with Crippen LogP contribution in [-0.4, -0.2) is 48.1 Å². The van der Waals surface area contributed by atoms with E-state index in [1.165, 1.54) is 17.0 Å². The summed E-state index contributed by atoms with van der Waals surface area (Å²) in [6, 6.07) is 11.3. The number of aromatic nitrogens is 2. The van der Waals surface area contributed by atoms with Crippen LogP contribution in [0.3, 0.4) is 0 Å². The molecule has 0 aliphatic carbocycles. The fourth-order valence-corrected chi connectivity index (χ4v) is 3.82. The molecule has 2 fully saturated rings. The Morgan fingerprint density at radius 3 is 2.70 bits per heavy atom. The summed E-state index contributed by atoms with van der Waals surface area (Å²) in [5.41, 5.74) is 1.91. The highest BCUT2D eigenvalue weighted by Crippen LogP contribution is 2.36. The minimum absolute atomic E-state index is 0.183. The highest BCUT2D eigenvalue weighted by molar-refractivity contribution is 6.10. The highest BCUT2D eigenvalue weighted by Gasteiger charge is 2.30. The second-order valence-electron chi connectivity index (χ2n) is 7.22. The van der Waals surface area contributed by atoms with Gasteiger partial charge in [-0.15, -0.1) is 5.10 Å². The minimum Gasteiger partial charge on any atom is -0.447 e. The van der Waals surface area contributed by atoms with E-state index in [9.17, 15) is 14.0 Å². The average Bonchev–Trinajstić information content (AvgIpc) is 3.49. The predicted octanol–water partition coefficient (Wildman–Crippen LogP) is 3.10. The van der Waals surface area contributed by atoms with Crippen molar-refractivity contribution in [1.29, 1.82) is 0 Å². The Hall–Kier alpha value is -3.46. The number of hydrogen-bond donors (Lipinski definition) is 1. The summed E-state index contributed by atoms with van der Waals surface area (Å²) >= 11 is 0. The van der Waals surface area contributed by atoms with Gasteiger partial charge in [0.05, 0.1) is 41.3 Å². The van der Waals surface area contributed by atoms with Crippen molar-refractivity contribution >= 4 is 34.4 Å². The van der Waals surface area contributed by atoms with Crippen molar-refractivity contribution in [3.63, 3.8) is 0 Å². The van der Waals surface area contributed by atoms with E-state index in [1.807, 2.05) is 6.07 Å². The number of halogens is 1. The lowest BCUT2D eigenvalue weighted by Gasteiger charge is -2.15. The van der Waals surface area contributed by atoms with Crippen LogP contribution in [0.5, 0.6) is 0 Å². The van der Waals surface area contributed by atoms with Gasteiger partial charge >= 0.3 is 6.09 Å². The number of hydrogen-bond acceptors (Lipinski definition) is 5. The normalized spacial score (nSPS) is 18.8. The number of carbonyl (C=O) groups is 2. The molecule has 3 aromatic rings. The standard InChI is InChI=1S/C21H19FN4O4/c22-14-4-6-15(7-5-14)26-17-3-1-2-16(25-9-11-30-21(25)28)18(17)19(24-26)23-20(27)13-8-10-29-12-13/h1-7,13H,8-12H2,(H,23,24,27)/t13-/m0/s1. The molecule has 2 aromatic carbocycles. The summed E-state index contributed by atoms with van der Waals surface area (Å²) in [4.78, 5) is 26.5. The lowest BCUT2D eigenvalue weighted by molar-refractivity contribution is -0.119. The first-order valence-electron chi connectivity index (χ1n) is 9.72. The molecule has 154 valence electrons. The van der Waals surface area contributed by atoms with Crippen LogP contribution in [0.4, 0.5) is 20.7 Å². The molecular weight excluding hydrogens is 391 g/mol. The van der Waals surface area contributed by atoms with E-state index in [4.69, 9.17) is 9.47 Å². The van der Waals surface area contributed by atoms with Gasteiger partial charge in [-0.25, -0.2) is 13.9 Å². The Labute approximate surface area is 171 Å². The number of amides is 2. The van der Waals surface area contributed by atoms with Crippen LogP contribution in [0.1, 0.15) is 6.42 Å². The third kappa shape index (κ3) is 3.17. The molecule has 2 amide bonds. The van der Waals surface area contributed by atoms with Gasteiger partial charge in [-0.3, -0.25) is 9.69 Å². The summed E-state index contributed by atoms with van der Waals surface area (Å²) in [6.07, 6.45) is 0.201. The molecule has 0 spiro atoms. The van der Waals surface area contributed by atoms with E-state index in [2.05, 4.69) is 10.4 Å². The minimum atomic E-state index is -0.446. The first kappa shape index (κ1) is 18.6. The number of ether oxygens (including phenoxy) is 2. The van der Waals surface area contributed by atoms with Crippen molar-refractivity contribution in [2.24, 2.45) is 5.92 Å². The third-order valence-electron chi connectivity index (χ3n) is 5.35. The molecule has 1 N–H and O–H groups in total. The van der Waals surface area contributed by atoms with Crippen LogP contribution in [0.2, 0.25) is 0 Å². The van der Waals surface area contributed by atoms with Crippen LogP contribution in [-0.2, 0) is 14.3 Å². The molecular formula is C21H19FN4O4. The van der Waals surface area contributed by atoms with Crippen LogP contribution >= 0.6 is 0 Å². The smallest absolute Gasteiger partial charge is 0.414 e. The van der Waals surface area contributed by atoms with E-state index in [-0.39, 0.29) is 17.6 Å². The van der Waals surface area contributed by atoms with Gasteiger partial charge in [0, 0.05) is 6.61 Å². The van der Waals surface area contributed by atoms with Crippen molar-refractivity contribution < 1.29 is 23.5 Å². The average molecular weight is 410 g/mol. The van der Waals surface area contributed by atoms with E-state index in [1.54, 1.807) is 28.9 Å². The van der Waals surface area contributed by atoms with Crippen LogP contribution in [0.15, 0.2) is 42.5 Å². The van der Waals surface area contributed by atoms with E-state index in [0.29, 0.717) is 60.9 Å². The molecule has 0 radical (unpaired) electrons. The Bertz CT molecular complexity index is 1120. The van der Waals surface area contributed by atoms with Crippen LogP contribution in [0, 0.1) is 11.7 Å². The number of anilines is 2. The largest absolute Gasteiger partial charge is 0.447 e. The number of nitrogens with one attached hydrogen (secondary N) is 1. The molecule has 3 heterocycles. The zero-order valence-electron chi connectivity index (χ0n) is 16.0. The van der Waals surface area contributed by atoms with Gasteiger partial charge in [0.1, 0.15) is 12.4 Å². The number of nitrogens with zero attached hydrogens (tertiary/aromatic N) is 3. The molecule has 5 rings (SSSR count). The number of carbonyl (C=O) groups excluding carboxylic acids is 2. The highest BCUT2D eigenvalue weighted by atomic mass is 19.1. The summed E-state index contributed by atoms with van der Waals surface area (Å²) in [5.74, 6) is -0.455. The van der Waals surface area contributed by atoms with Crippen LogP contribution in [0.25, 0.3) is 16.6 Å². The van der Waals surface area contributed by atoms with Crippen molar-refractivity contribution in [3.8, 4) is 5.69 Å². The van der Waals surface area contributed by atoms with E-state index >= 15 is 0 Å². The molecule has 0 bridgehead atoms. The van der Waals surface area contributed by atoms with Gasteiger partial charge in [-0.2, -0.15) is 0 Å². The lowest BCUT2D eigenvalue weighted by Crippen LogP contribution is -2.25. The molecule has 2 saturated heterocycles. The Morgan fingerprint density at radius 1 is 1.17 bits per heavy atom. The van der Waals surface area contributed by atoms with Crippen molar-refractivity contribution in [2.75, 3.05) is 36.6 Å². The molecule has 1 atom stereocenters. The van der Waals surface area contributed by atoms with Crippen molar-refractivity contribution in [3.05, 3.63) is 48.3 Å². The zero-order chi connectivity index (χ0) is 20.7. The second kappa shape index (κ2) is 7.42. The Kier molecular flexibility index (Phi) is 4.59. The lowest BCUT2D eigenvalue weighted by atomic mass is 10.1. The monoisotopic (exact) mass is 410 g/mol. The predicted molar refractivity (Wildman–Crippen MR) is 107 cm³/mol. The second-order valence-corrected chi connectivity index (χ2v) is 7.22. The molecule has 8 nitrogen and oxygen atoms in total. The maximum atomic E-state index is 13.4. The van der Waals surface area contributed by atoms with Gasteiger partial charge in [0.25, 0.3) is 0 Å². The van der Waals surface area contributed by atoms with Crippen molar-refractivity contribution in [1.82, 2.24) is 9.78 Å². The summed E-state index contributed by atoms with van der Waals surface area (Å²) in [6.45, 7) is 1.62. The summed E-state index contributed by atoms with van der Waals surface area (Å²) in [7, 11) is 0.